The van der Waals surface area contributed by atoms with Crippen LogP contribution in [-0.4, -0.2) is 60.3 Å². The van der Waals surface area contributed by atoms with Crippen LogP contribution < -0.4 is 10.5 Å². The smallest absolute Gasteiger partial charge is 0.306 e. The first-order chi connectivity index (χ1) is 15.0. The Balaban J connectivity index is 0.00000166. The second kappa shape index (κ2) is 12.2. The topological polar surface area (TPSA) is 67.7 Å². The lowest BCUT2D eigenvalue weighted by Crippen LogP contribution is -2.47. The summed E-state index contributed by atoms with van der Waals surface area (Å²) in [4.78, 5) is 33.6. The molecule has 31 heavy (non-hydrogen) atoms. The number of ether oxygens (including phenoxy) is 1. The van der Waals surface area contributed by atoms with Gasteiger partial charge in [0.1, 0.15) is 5.82 Å². The fourth-order valence-corrected chi connectivity index (χ4v) is 3.29. The lowest BCUT2D eigenvalue weighted by atomic mass is 10.2. The molecule has 0 amide bonds. The fraction of sp³-hybridized carbons (Fsp3) is 0.522. The third kappa shape index (κ3) is 7.17. The van der Waals surface area contributed by atoms with Gasteiger partial charge in [0.05, 0.1) is 25.3 Å². The molecule has 1 aliphatic heterocycles. The van der Waals surface area contributed by atoms with Crippen molar-refractivity contribution in [1.82, 2.24) is 14.5 Å². The highest BCUT2D eigenvalue weighted by atomic mass is 19.1. The molecular formula is C23H33FN4O3. The number of carbonyl (C=O) groups is 1. The summed E-state index contributed by atoms with van der Waals surface area (Å²) in [6, 6.07) is 6.08. The van der Waals surface area contributed by atoms with E-state index in [1.807, 2.05) is 25.8 Å². The summed E-state index contributed by atoms with van der Waals surface area (Å²) in [5.74, 6) is -0.197. The van der Waals surface area contributed by atoms with E-state index in [4.69, 9.17) is 4.74 Å². The van der Waals surface area contributed by atoms with Crippen LogP contribution in [0, 0.1) is 5.82 Å². The van der Waals surface area contributed by atoms with Crippen LogP contribution in [0.1, 0.15) is 38.4 Å². The van der Waals surface area contributed by atoms with Crippen molar-refractivity contribution in [1.29, 1.82) is 0 Å². The predicted octanol–water partition coefficient (Wildman–Crippen LogP) is 2.70. The number of carbonyl (C=O) groups excluding carboxylic acids is 1. The highest BCUT2D eigenvalue weighted by Gasteiger charge is 2.20. The summed E-state index contributed by atoms with van der Waals surface area (Å²) in [5.41, 5.74) is 1.30. The van der Waals surface area contributed by atoms with Crippen molar-refractivity contribution in [3.63, 3.8) is 0 Å². The number of anilines is 1. The normalized spacial score (nSPS) is 14.0. The minimum atomic E-state index is -0.316. The largest absolute Gasteiger partial charge is 0.466 e. The van der Waals surface area contributed by atoms with E-state index in [-0.39, 0.29) is 23.8 Å². The van der Waals surface area contributed by atoms with Crippen LogP contribution in [-0.2, 0) is 22.5 Å². The van der Waals surface area contributed by atoms with Gasteiger partial charge in [0.15, 0.2) is 5.82 Å². The molecule has 0 bridgehead atoms. The van der Waals surface area contributed by atoms with Gasteiger partial charge in [-0.1, -0.05) is 26.0 Å². The molecule has 0 N–H and O–H groups in total. The minimum absolute atomic E-state index is 0.182. The van der Waals surface area contributed by atoms with Crippen LogP contribution in [0.4, 0.5) is 10.2 Å². The van der Waals surface area contributed by atoms with E-state index in [0.717, 1.165) is 31.7 Å². The number of aryl methyl sites for hydroxylation is 1. The average Bonchev–Trinajstić information content (AvgIpc) is 2.78. The Morgan fingerprint density at radius 3 is 2.39 bits per heavy atom. The van der Waals surface area contributed by atoms with Gasteiger partial charge in [-0.05, 0) is 31.7 Å². The molecule has 8 heteroatoms. The zero-order valence-corrected chi connectivity index (χ0v) is 18.9. The number of hydrogen-bond donors (Lipinski definition) is 0. The molecule has 0 spiro atoms. The molecule has 1 aromatic heterocycles. The van der Waals surface area contributed by atoms with Crippen LogP contribution in [0.2, 0.25) is 0 Å². The van der Waals surface area contributed by atoms with E-state index in [1.54, 1.807) is 29.8 Å². The number of benzene rings is 1. The van der Waals surface area contributed by atoms with Crippen LogP contribution in [0.3, 0.4) is 0 Å². The first-order valence-corrected chi connectivity index (χ1v) is 10.9. The van der Waals surface area contributed by atoms with Crippen LogP contribution >= 0.6 is 0 Å². The van der Waals surface area contributed by atoms with Crippen molar-refractivity contribution < 1.29 is 13.9 Å². The Morgan fingerprint density at radius 2 is 1.77 bits per heavy atom. The first-order valence-electron chi connectivity index (χ1n) is 10.9. The number of likely N-dealkylation sites (N-methyl/N-ethyl adjacent to an activating group) is 1. The van der Waals surface area contributed by atoms with Crippen molar-refractivity contribution >= 4 is 11.8 Å². The van der Waals surface area contributed by atoms with Gasteiger partial charge in [0.2, 0.25) is 0 Å². The van der Waals surface area contributed by atoms with E-state index in [2.05, 4.69) is 9.88 Å². The molecule has 1 fully saturated rings. The summed E-state index contributed by atoms with van der Waals surface area (Å²) >= 11 is 0. The van der Waals surface area contributed by atoms with Crippen molar-refractivity contribution in [2.24, 2.45) is 0 Å². The maximum absolute atomic E-state index is 13.2. The molecule has 1 aliphatic rings. The Morgan fingerprint density at radius 1 is 1.13 bits per heavy atom. The molecule has 2 heterocycles. The number of piperazine rings is 1. The van der Waals surface area contributed by atoms with E-state index in [9.17, 15) is 14.0 Å². The maximum Gasteiger partial charge on any atom is 0.306 e. The Hall–Kier alpha value is -2.74. The van der Waals surface area contributed by atoms with Gasteiger partial charge in [-0.25, -0.2) is 9.37 Å². The second-order valence-corrected chi connectivity index (χ2v) is 7.21. The number of hydrogen-bond acceptors (Lipinski definition) is 6. The molecule has 0 aliphatic carbocycles. The van der Waals surface area contributed by atoms with Crippen molar-refractivity contribution in [2.45, 2.75) is 40.2 Å². The number of aromatic nitrogens is 2. The van der Waals surface area contributed by atoms with E-state index < -0.39 is 0 Å². The number of rotatable bonds is 7. The van der Waals surface area contributed by atoms with Gasteiger partial charge in [-0.15, -0.1) is 0 Å². The number of nitrogens with zero attached hydrogens (tertiary/aromatic N) is 4. The molecule has 0 radical (unpaired) electrons. The number of halogens is 1. The molecule has 0 atom stereocenters. The van der Waals surface area contributed by atoms with Crippen LogP contribution in [0.15, 0.2) is 35.3 Å². The van der Waals surface area contributed by atoms with Gasteiger partial charge < -0.3 is 19.1 Å². The molecule has 0 saturated carbocycles. The zero-order valence-electron chi connectivity index (χ0n) is 18.9. The second-order valence-electron chi connectivity index (χ2n) is 7.21. The standard InChI is InChI=1S/C21H27FN4O3.C2H6/c1-3-29-19(27)9-8-18-15-26(14-16-4-6-17(22)7-5-16)21(28)20(23-18)25-12-10-24(2)11-13-25;1-2/h4-7,15H,3,8-14H2,1-2H3;1-2H3. The molecule has 2 aromatic rings. The average molecular weight is 433 g/mol. The summed E-state index contributed by atoms with van der Waals surface area (Å²) in [6.45, 7) is 9.56. The molecule has 0 unspecified atom stereocenters. The van der Waals surface area contributed by atoms with E-state index in [1.165, 1.54) is 12.1 Å². The highest BCUT2D eigenvalue weighted by Crippen LogP contribution is 2.13. The Kier molecular flexibility index (Phi) is 9.65. The Bertz CT molecular complexity index is 891. The molecule has 3 rings (SSSR count). The van der Waals surface area contributed by atoms with E-state index >= 15 is 0 Å². The van der Waals surface area contributed by atoms with Crippen LogP contribution in [0.25, 0.3) is 0 Å². The minimum Gasteiger partial charge on any atom is -0.466 e. The first kappa shape index (κ1) is 24.5. The molecule has 170 valence electrons. The van der Waals surface area contributed by atoms with Crippen molar-refractivity contribution in [3.8, 4) is 0 Å². The summed E-state index contributed by atoms with van der Waals surface area (Å²) < 4.78 is 19.8. The summed E-state index contributed by atoms with van der Waals surface area (Å²) in [5, 5.41) is 0. The van der Waals surface area contributed by atoms with Crippen LogP contribution in [0.5, 0.6) is 0 Å². The quantitative estimate of drug-likeness (QED) is 0.627. The van der Waals surface area contributed by atoms with Gasteiger partial charge in [-0.3, -0.25) is 9.59 Å². The molecule has 7 nitrogen and oxygen atoms in total. The fourth-order valence-electron chi connectivity index (χ4n) is 3.29. The number of esters is 1. The van der Waals surface area contributed by atoms with E-state index in [0.29, 0.717) is 31.1 Å². The highest BCUT2D eigenvalue weighted by molar-refractivity contribution is 5.69. The lowest BCUT2D eigenvalue weighted by Gasteiger charge is -2.33. The summed E-state index contributed by atoms with van der Waals surface area (Å²) in [7, 11) is 2.05. The van der Waals surface area contributed by atoms with Gasteiger partial charge in [0.25, 0.3) is 5.56 Å². The van der Waals surface area contributed by atoms with Crippen molar-refractivity contribution in [2.75, 3.05) is 44.7 Å². The van der Waals surface area contributed by atoms with Gasteiger partial charge >= 0.3 is 5.97 Å². The third-order valence-corrected chi connectivity index (χ3v) is 4.97. The molecule has 1 saturated heterocycles. The predicted molar refractivity (Wildman–Crippen MR) is 120 cm³/mol. The molecule has 1 aromatic carbocycles. The third-order valence-electron chi connectivity index (χ3n) is 4.97. The lowest BCUT2D eigenvalue weighted by molar-refractivity contribution is -0.143. The maximum atomic E-state index is 13.2. The summed E-state index contributed by atoms with van der Waals surface area (Å²) in [6.07, 6.45) is 2.28. The zero-order chi connectivity index (χ0) is 22.8. The SMILES string of the molecule is CC.CCOC(=O)CCc1cn(Cc2ccc(F)cc2)c(=O)c(N2CCN(C)CC2)n1. The van der Waals surface area contributed by atoms with Crippen molar-refractivity contribution in [3.05, 3.63) is 57.9 Å². The molecular weight excluding hydrogens is 399 g/mol. The monoisotopic (exact) mass is 432 g/mol. The van der Waals surface area contributed by atoms with Gasteiger partial charge in [0, 0.05) is 38.8 Å². The van der Waals surface area contributed by atoms with Gasteiger partial charge in [-0.2, -0.15) is 0 Å². The Labute approximate surface area is 183 Å².